The molecule has 0 spiro atoms. The fraction of sp³-hybridized carbons (Fsp3) is 0.500. The molecule has 5 nitrogen and oxygen atoms in total. The Kier molecular flexibility index (Phi) is 4.17. The summed E-state index contributed by atoms with van der Waals surface area (Å²) in [4.78, 5) is 0. The summed E-state index contributed by atoms with van der Waals surface area (Å²) in [6, 6.07) is 3.88. The number of nitrogens with two attached hydrogens (primary N) is 1. The molecule has 1 aromatic heterocycles. The minimum absolute atomic E-state index is 0.00703. The highest BCUT2D eigenvalue weighted by molar-refractivity contribution is 5.82. The molecule has 1 unspecified atom stereocenters. The largest absolute Gasteiger partial charge is 0.468 e. The second kappa shape index (κ2) is 5.41. The first-order chi connectivity index (χ1) is 7.15. The van der Waals surface area contributed by atoms with E-state index in [-0.39, 0.29) is 17.8 Å². The Morgan fingerprint density at radius 3 is 2.93 bits per heavy atom. The summed E-state index contributed by atoms with van der Waals surface area (Å²) >= 11 is 0. The van der Waals surface area contributed by atoms with Crippen LogP contribution >= 0.6 is 0 Å². The number of hydrogen-bond donors (Lipinski definition) is 3. The Hall–Kier alpha value is -1.49. The van der Waals surface area contributed by atoms with Crippen LogP contribution in [0.1, 0.15) is 25.6 Å². The van der Waals surface area contributed by atoms with E-state index in [0.717, 1.165) is 5.76 Å². The second-order valence-corrected chi connectivity index (χ2v) is 3.57. The monoisotopic (exact) mass is 211 g/mol. The van der Waals surface area contributed by atoms with Gasteiger partial charge in [-0.25, -0.2) is 0 Å². The van der Waals surface area contributed by atoms with Gasteiger partial charge in [0.05, 0.1) is 12.3 Å². The van der Waals surface area contributed by atoms with E-state index in [9.17, 15) is 0 Å². The summed E-state index contributed by atoms with van der Waals surface area (Å²) < 4.78 is 5.24. The van der Waals surface area contributed by atoms with Gasteiger partial charge in [-0.1, -0.05) is 12.1 Å². The Bertz CT molecular complexity index is 308. The van der Waals surface area contributed by atoms with Crippen LogP contribution in [0.5, 0.6) is 0 Å². The van der Waals surface area contributed by atoms with Crippen molar-refractivity contribution in [1.29, 1.82) is 0 Å². The summed E-state index contributed by atoms with van der Waals surface area (Å²) in [6.07, 6.45) is 1.64. The molecule has 0 aliphatic heterocycles. The maximum Gasteiger partial charge on any atom is 0.143 e. The number of nitrogens with zero attached hydrogens (tertiary/aromatic N) is 1. The smallest absolute Gasteiger partial charge is 0.143 e. The molecule has 0 saturated heterocycles. The van der Waals surface area contributed by atoms with E-state index in [0.29, 0.717) is 6.54 Å². The minimum atomic E-state index is -0.00703. The van der Waals surface area contributed by atoms with Gasteiger partial charge in [-0.3, -0.25) is 0 Å². The fourth-order valence-corrected chi connectivity index (χ4v) is 1.19. The third kappa shape index (κ3) is 3.28. The zero-order chi connectivity index (χ0) is 11.3. The van der Waals surface area contributed by atoms with Gasteiger partial charge in [-0.05, 0) is 19.1 Å². The van der Waals surface area contributed by atoms with Crippen LogP contribution in [0.2, 0.25) is 0 Å². The Morgan fingerprint density at radius 2 is 2.40 bits per heavy atom. The van der Waals surface area contributed by atoms with E-state index < -0.39 is 0 Å². The van der Waals surface area contributed by atoms with Gasteiger partial charge in [0.15, 0.2) is 0 Å². The predicted octanol–water partition coefficient (Wildman–Crippen LogP) is 1.31. The first-order valence-electron chi connectivity index (χ1n) is 4.89. The minimum Gasteiger partial charge on any atom is -0.468 e. The van der Waals surface area contributed by atoms with Crippen molar-refractivity contribution in [3.8, 4) is 0 Å². The van der Waals surface area contributed by atoms with Crippen molar-refractivity contribution in [3.63, 3.8) is 0 Å². The molecule has 84 valence electrons. The van der Waals surface area contributed by atoms with E-state index in [1.807, 2.05) is 26.0 Å². The maximum absolute atomic E-state index is 8.47. The molecule has 2 atom stereocenters. The van der Waals surface area contributed by atoms with Crippen molar-refractivity contribution in [3.05, 3.63) is 24.2 Å². The van der Waals surface area contributed by atoms with Gasteiger partial charge in [0.1, 0.15) is 11.6 Å². The lowest BCUT2D eigenvalue weighted by molar-refractivity contribution is 0.313. The topological polar surface area (TPSA) is 83.8 Å². The average molecular weight is 211 g/mol. The van der Waals surface area contributed by atoms with Crippen LogP contribution < -0.4 is 11.1 Å². The van der Waals surface area contributed by atoms with Crippen LogP contribution in [0, 0.1) is 5.92 Å². The molecule has 5 heteroatoms. The lowest BCUT2D eigenvalue weighted by Gasteiger charge is -2.15. The fourth-order valence-electron chi connectivity index (χ4n) is 1.19. The Balaban J connectivity index is 2.38. The number of nitrogens with one attached hydrogen (secondary N) is 1. The standard InChI is InChI=1S/C10H17N3O2/c1-7(10(11)13-14)6-12-8(2)9-4-3-5-15-9/h3-5,7-8,12,14H,6H2,1-2H3,(H2,11,13)/t7?,8-/m0/s1. The van der Waals surface area contributed by atoms with Gasteiger partial charge < -0.3 is 20.7 Å². The molecule has 0 aromatic carbocycles. The molecule has 1 heterocycles. The van der Waals surface area contributed by atoms with Crippen molar-refractivity contribution in [2.45, 2.75) is 19.9 Å². The molecule has 1 rings (SSSR count). The van der Waals surface area contributed by atoms with Gasteiger partial charge in [-0.15, -0.1) is 0 Å². The maximum atomic E-state index is 8.47. The molecule has 0 radical (unpaired) electrons. The molecular formula is C10H17N3O2. The average Bonchev–Trinajstić information content (AvgIpc) is 2.77. The van der Waals surface area contributed by atoms with Crippen LogP contribution in [0.3, 0.4) is 0 Å². The van der Waals surface area contributed by atoms with Crippen molar-refractivity contribution in [2.75, 3.05) is 6.54 Å². The van der Waals surface area contributed by atoms with Crippen LogP contribution in [0.15, 0.2) is 28.0 Å². The van der Waals surface area contributed by atoms with Gasteiger partial charge in [0.25, 0.3) is 0 Å². The van der Waals surface area contributed by atoms with Crippen LogP contribution in [0.25, 0.3) is 0 Å². The molecular weight excluding hydrogens is 194 g/mol. The first kappa shape index (κ1) is 11.6. The van der Waals surface area contributed by atoms with E-state index in [1.165, 1.54) is 0 Å². The highest BCUT2D eigenvalue weighted by Crippen LogP contribution is 2.12. The van der Waals surface area contributed by atoms with Crippen LogP contribution in [0.4, 0.5) is 0 Å². The molecule has 0 saturated carbocycles. The normalized spacial score (nSPS) is 16.3. The summed E-state index contributed by atoms with van der Waals surface area (Å²) in [5.74, 6) is 1.10. The number of oxime groups is 1. The summed E-state index contributed by atoms with van der Waals surface area (Å²) in [5, 5.41) is 14.7. The third-order valence-corrected chi connectivity index (χ3v) is 2.32. The lowest BCUT2D eigenvalue weighted by Crippen LogP contribution is -2.32. The summed E-state index contributed by atoms with van der Waals surface area (Å²) in [6.45, 7) is 4.52. The SMILES string of the molecule is CC(CN[C@@H](C)c1ccco1)/C(N)=N/O. The zero-order valence-electron chi connectivity index (χ0n) is 8.97. The van der Waals surface area contributed by atoms with Gasteiger partial charge in [-0.2, -0.15) is 0 Å². The van der Waals surface area contributed by atoms with E-state index in [4.69, 9.17) is 15.4 Å². The van der Waals surface area contributed by atoms with Crippen LogP contribution in [-0.4, -0.2) is 17.6 Å². The summed E-state index contributed by atoms with van der Waals surface area (Å²) in [7, 11) is 0. The lowest BCUT2D eigenvalue weighted by atomic mass is 10.1. The summed E-state index contributed by atoms with van der Waals surface area (Å²) in [5.41, 5.74) is 5.46. The quantitative estimate of drug-likeness (QED) is 0.297. The Morgan fingerprint density at radius 1 is 1.67 bits per heavy atom. The van der Waals surface area contributed by atoms with E-state index >= 15 is 0 Å². The second-order valence-electron chi connectivity index (χ2n) is 3.57. The van der Waals surface area contributed by atoms with Crippen molar-refractivity contribution in [1.82, 2.24) is 5.32 Å². The molecule has 0 amide bonds. The van der Waals surface area contributed by atoms with Crippen molar-refractivity contribution < 1.29 is 9.62 Å². The molecule has 0 fully saturated rings. The highest BCUT2D eigenvalue weighted by Gasteiger charge is 2.11. The number of hydrogen-bond acceptors (Lipinski definition) is 4. The first-order valence-corrected chi connectivity index (χ1v) is 4.89. The van der Waals surface area contributed by atoms with Gasteiger partial charge in [0, 0.05) is 12.5 Å². The molecule has 0 bridgehead atoms. The molecule has 15 heavy (non-hydrogen) atoms. The van der Waals surface area contributed by atoms with E-state index in [2.05, 4.69) is 10.5 Å². The van der Waals surface area contributed by atoms with Crippen molar-refractivity contribution in [2.24, 2.45) is 16.8 Å². The third-order valence-electron chi connectivity index (χ3n) is 2.32. The Labute approximate surface area is 88.9 Å². The van der Waals surface area contributed by atoms with E-state index in [1.54, 1.807) is 6.26 Å². The van der Waals surface area contributed by atoms with Gasteiger partial charge >= 0.3 is 0 Å². The zero-order valence-corrected chi connectivity index (χ0v) is 8.97. The number of amidine groups is 1. The molecule has 1 aromatic rings. The van der Waals surface area contributed by atoms with Gasteiger partial charge in [0.2, 0.25) is 0 Å². The van der Waals surface area contributed by atoms with Crippen LogP contribution in [-0.2, 0) is 0 Å². The molecule has 0 aliphatic carbocycles. The number of rotatable bonds is 5. The highest BCUT2D eigenvalue weighted by atomic mass is 16.4. The molecule has 0 aliphatic rings. The molecule has 4 N–H and O–H groups in total. The van der Waals surface area contributed by atoms with Crippen molar-refractivity contribution >= 4 is 5.84 Å². The predicted molar refractivity (Wildman–Crippen MR) is 57.7 cm³/mol. The number of furan rings is 1.